The number of nitrogens with one attached hydrogen (secondary N) is 1. The minimum absolute atomic E-state index is 0.0677. The van der Waals surface area contributed by atoms with Crippen LogP contribution < -0.4 is 5.32 Å². The number of amides is 1. The molecule has 0 aliphatic heterocycles. The topological polar surface area (TPSA) is 82.5 Å². The van der Waals surface area contributed by atoms with E-state index in [0.29, 0.717) is 25.1 Å². The fraction of sp³-hybridized carbons (Fsp3) is 0.688. The molecule has 1 amide bonds. The molecule has 1 rings (SSSR count). The van der Waals surface area contributed by atoms with Crippen LogP contribution in [0.2, 0.25) is 0 Å². The molecule has 1 N–H and O–H groups in total. The molecule has 1 atom stereocenters. The van der Waals surface area contributed by atoms with Gasteiger partial charge in [-0.15, -0.1) is 0 Å². The summed E-state index contributed by atoms with van der Waals surface area (Å²) in [4.78, 5) is 24.2. The lowest BCUT2D eigenvalue weighted by Crippen LogP contribution is -2.40. The maximum absolute atomic E-state index is 12.3. The number of methoxy groups -OCH3 is 1. The number of hydrogen-bond donors (Lipinski definition) is 1. The zero-order valence-electron chi connectivity index (χ0n) is 14.6. The molecule has 0 bridgehead atoms. The van der Waals surface area contributed by atoms with Gasteiger partial charge in [0.05, 0.1) is 11.8 Å². The summed E-state index contributed by atoms with van der Waals surface area (Å²) >= 11 is 0. The zero-order chi connectivity index (χ0) is 17.5. The van der Waals surface area contributed by atoms with Crippen LogP contribution in [0.25, 0.3) is 0 Å². The Morgan fingerprint density at radius 2 is 2.09 bits per heavy atom. The lowest BCUT2D eigenvalue weighted by Gasteiger charge is -2.23. The summed E-state index contributed by atoms with van der Waals surface area (Å²) in [6.07, 6.45) is 3.44. The first-order chi connectivity index (χ1) is 10.7. The molecule has 0 aromatic carbocycles. The molecule has 0 radical (unpaired) electrons. The Labute approximate surface area is 137 Å². The maximum atomic E-state index is 12.3. The summed E-state index contributed by atoms with van der Waals surface area (Å²) in [7, 11) is 1.58. The standard InChI is InChI=1S/C16H27N3O4/c1-6-19-11-12(10-17-19)14(20)9-13(7-8-22-5)18-15(21)23-16(2,3)4/h10-11,13H,6-9H2,1-5H3,(H,18,21). The summed E-state index contributed by atoms with van der Waals surface area (Å²) in [5.41, 5.74) is -0.0393. The number of Topliss-reactive ketones (excluding diaryl/α,β-unsaturated/α-hetero) is 1. The van der Waals surface area contributed by atoms with Crippen LogP contribution in [0, 0.1) is 0 Å². The first kappa shape index (κ1) is 19.2. The molecule has 1 aromatic rings. The average molecular weight is 325 g/mol. The summed E-state index contributed by atoms with van der Waals surface area (Å²) in [6.45, 7) is 8.48. The highest BCUT2D eigenvalue weighted by Crippen LogP contribution is 2.11. The summed E-state index contributed by atoms with van der Waals surface area (Å²) in [5, 5.41) is 6.83. The molecule has 1 aromatic heterocycles. The van der Waals surface area contributed by atoms with Crippen molar-refractivity contribution in [3.8, 4) is 0 Å². The molecule has 0 saturated carbocycles. The normalized spacial score (nSPS) is 12.7. The Balaban J connectivity index is 2.66. The molecule has 0 fully saturated rings. The Morgan fingerprint density at radius 3 is 2.61 bits per heavy atom. The van der Waals surface area contributed by atoms with E-state index in [-0.39, 0.29) is 18.2 Å². The fourth-order valence-electron chi connectivity index (χ4n) is 1.98. The number of ketones is 1. The number of hydrogen-bond acceptors (Lipinski definition) is 5. The number of aromatic nitrogens is 2. The van der Waals surface area contributed by atoms with Gasteiger partial charge in [0.25, 0.3) is 0 Å². The summed E-state index contributed by atoms with van der Waals surface area (Å²) < 4.78 is 12.0. The molecule has 23 heavy (non-hydrogen) atoms. The van der Waals surface area contributed by atoms with E-state index in [1.807, 2.05) is 6.92 Å². The van der Waals surface area contributed by atoms with Gasteiger partial charge in [0.15, 0.2) is 5.78 Å². The fourth-order valence-corrected chi connectivity index (χ4v) is 1.98. The lowest BCUT2D eigenvalue weighted by molar-refractivity contribution is 0.0490. The quantitative estimate of drug-likeness (QED) is 0.742. The van der Waals surface area contributed by atoms with Gasteiger partial charge in [-0.3, -0.25) is 9.48 Å². The van der Waals surface area contributed by atoms with Crippen molar-refractivity contribution >= 4 is 11.9 Å². The van der Waals surface area contributed by atoms with Gasteiger partial charge in [-0.25, -0.2) is 4.79 Å². The first-order valence-corrected chi connectivity index (χ1v) is 7.79. The average Bonchev–Trinajstić information content (AvgIpc) is 2.91. The second kappa shape index (κ2) is 8.67. The first-order valence-electron chi connectivity index (χ1n) is 7.79. The third-order valence-electron chi connectivity index (χ3n) is 3.10. The van der Waals surface area contributed by atoms with Crippen LogP contribution in [0.15, 0.2) is 12.4 Å². The Hall–Kier alpha value is -1.89. The molecular weight excluding hydrogens is 298 g/mol. The highest BCUT2D eigenvalue weighted by atomic mass is 16.6. The number of rotatable bonds is 8. The van der Waals surface area contributed by atoms with Crippen molar-refractivity contribution in [3.63, 3.8) is 0 Å². The van der Waals surface area contributed by atoms with E-state index >= 15 is 0 Å². The minimum atomic E-state index is -0.581. The van der Waals surface area contributed by atoms with Gasteiger partial charge in [0.1, 0.15) is 5.60 Å². The highest BCUT2D eigenvalue weighted by molar-refractivity contribution is 5.96. The number of carbonyl (C=O) groups excluding carboxylic acids is 2. The van der Waals surface area contributed by atoms with Gasteiger partial charge >= 0.3 is 6.09 Å². The van der Waals surface area contributed by atoms with E-state index < -0.39 is 11.7 Å². The molecule has 1 unspecified atom stereocenters. The van der Waals surface area contributed by atoms with Crippen molar-refractivity contribution < 1.29 is 19.1 Å². The van der Waals surface area contributed by atoms with Gasteiger partial charge in [0.2, 0.25) is 0 Å². The molecule has 7 heteroatoms. The molecule has 0 aliphatic rings. The molecule has 130 valence electrons. The minimum Gasteiger partial charge on any atom is -0.444 e. The maximum Gasteiger partial charge on any atom is 0.407 e. The smallest absolute Gasteiger partial charge is 0.407 e. The van der Waals surface area contributed by atoms with E-state index in [2.05, 4.69) is 10.4 Å². The van der Waals surface area contributed by atoms with Crippen LogP contribution in [0.1, 0.15) is 50.9 Å². The molecule has 0 saturated heterocycles. The van der Waals surface area contributed by atoms with E-state index in [0.717, 1.165) is 0 Å². The van der Waals surface area contributed by atoms with Crippen molar-refractivity contribution in [2.45, 2.75) is 58.7 Å². The number of alkyl carbamates (subject to hydrolysis) is 1. The number of aryl methyl sites for hydroxylation is 1. The van der Waals surface area contributed by atoms with Gasteiger partial charge in [-0.1, -0.05) is 0 Å². The number of nitrogens with zero attached hydrogens (tertiary/aromatic N) is 2. The Morgan fingerprint density at radius 1 is 1.39 bits per heavy atom. The second-order valence-corrected chi connectivity index (χ2v) is 6.34. The van der Waals surface area contributed by atoms with Crippen molar-refractivity contribution in [1.29, 1.82) is 0 Å². The largest absolute Gasteiger partial charge is 0.444 e. The van der Waals surface area contributed by atoms with Crippen molar-refractivity contribution in [3.05, 3.63) is 18.0 Å². The van der Waals surface area contributed by atoms with E-state index in [9.17, 15) is 9.59 Å². The van der Waals surface area contributed by atoms with Crippen molar-refractivity contribution in [2.75, 3.05) is 13.7 Å². The second-order valence-electron chi connectivity index (χ2n) is 6.34. The van der Waals surface area contributed by atoms with E-state index in [4.69, 9.17) is 9.47 Å². The van der Waals surface area contributed by atoms with E-state index in [1.54, 1.807) is 45.0 Å². The third-order valence-corrected chi connectivity index (χ3v) is 3.10. The van der Waals surface area contributed by atoms with Gasteiger partial charge in [-0.2, -0.15) is 5.10 Å². The monoisotopic (exact) mass is 325 g/mol. The molecule has 7 nitrogen and oxygen atoms in total. The van der Waals surface area contributed by atoms with Crippen LogP contribution in [0.5, 0.6) is 0 Å². The van der Waals surface area contributed by atoms with Crippen molar-refractivity contribution in [2.24, 2.45) is 0 Å². The van der Waals surface area contributed by atoms with Crippen LogP contribution in [0.4, 0.5) is 4.79 Å². The van der Waals surface area contributed by atoms with Gasteiger partial charge in [-0.05, 0) is 34.1 Å². The van der Waals surface area contributed by atoms with Crippen LogP contribution in [0.3, 0.4) is 0 Å². The van der Waals surface area contributed by atoms with Crippen LogP contribution in [-0.4, -0.2) is 47.0 Å². The highest BCUT2D eigenvalue weighted by Gasteiger charge is 2.22. The van der Waals surface area contributed by atoms with Gasteiger partial charge < -0.3 is 14.8 Å². The van der Waals surface area contributed by atoms with Gasteiger partial charge in [0, 0.05) is 38.9 Å². The molecule has 0 aliphatic carbocycles. The van der Waals surface area contributed by atoms with E-state index in [1.165, 1.54) is 0 Å². The summed E-state index contributed by atoms with van der Waals surface area (Å²) in [5.74, 6) is -0.0677. The number of carbonyl (C=O) groups is 2. The summed E-state index contributed by atoms with van der Waals surface area (Å²) in [6, 6.07) is -0.345. The number of ether oxygens (including phenoxy) is 2. The molecular formula is C16H27N3O4. The zero-order valence-corrected chi connectivity index (χ0v) is 14.6. The third kappa shape index (κ3) is 7.27. The van der Waals surface area contributed by atoms with Crippen LogP contribution >= 0.6 is 0 Å². The van der Waals surface area contributed by atoms with Crippen LogP contribution in [-0.2, 0) is 16.0 Å². The lowest BCUT2D eigenvalue weighted by atomic mass is 10.0. The van der Waals surface area contributed by atoms with Crippen molar-refractivity contribution in [1.82, 2.24) is 15.1 Å². The predicted molar refractivity (Wildman–Crippen MR) is 86.5 cm³/mol. The Kier molecular flexibility index (Phi) is 7.22. The molecule has 0 spiro atoms. The SMILES string of the molecule is CCn1cc(C(=O)CC(CCOC)NC(=O)OC(C)(C)C)cn1. The predicted octanol–water partition coefficient (Wildman–Crippen LogP) is 2.41. The Bertz CT molecular complexity index is 520. The molecule has 1 heterocycles.